The Morgan fingerprint density at radius 2 is 1.25 bits per heavy atom. The standard InChI is InChI=1S/C38H62O6/c1-4-5-21-27-35-36(44-35)28-23-18-14-10-8-6-7-9-11-15-20-25-30-38(41)43-34(31-39)32-42-37(40)29-24-19-16-12-13-17-22-26-33(2)3/h5,7-10,15,18,20-21,23,33-36,39H,4,6,11-14,16-17,19,22,24-32H2,1-3H3/b9-7-,10-8-,20-15-,21-5-,23-18-/t34-,35?,36?/m0/s1. The highest BCUT2D eigenvalue weighted by atomic mass is 16.6. The molecule has 0 aromatic rings. The maximum atomic E-state index is 12.1. The zero-order chi connectivity index (χ0) is 32.1. The van der Waals surface area contributed by atoms with Crippen LogP contribution in [0.1, 0.15) is 130 Å². The van der Waals surface area contributed by atoms with Gasteiger partial charge in [0.2, 0.25) is 0 Å². The van der Waals surface area contributed by atoms with Crippen molar-refractivity contribution in [2.24, 2.45) is 5.92 Å². The van der Waals surface area contributed by atoms with Crippen LogP contribution in [0.25, 0.3) is 0 Å². The molecule has 1 rings (SSSR count). The van der Waals surface area contributed by atoms with E-state index in [4.69, 9.17) is 14.2 Å². The molecular formula is C38H62O6. The van der Waals surface area contributed by atoms with Gasteiger partial charge in [-0.2, -0.15) is 0 Å². The number of carbonyl (C=O) groups is 2. The number of rotatable bonds is 28. The summed E-state index contributed by atoms with van der Waals surface area (Å²) in [7, 11) is 0. The molecule has 250 valence electrons. The van der Waals surface area contributed by atoms with Gasteiger partial charge in [-0.3, -0.25) is 9.59 Å². The van der Waals surface area contributed by atoms with Gasteiger partial charge < -0.3 is 19.3 Å². The quantitative estimate of drug-likeness (QED) is 0.0409. The summed E-state index contributed by atoms with van der Waals surface area (Å²) in [6.07, 6.45) is 37.7. The van der Waals surface area contributed by atoms with E-state index >= 15 is 0 Å². The van der Waals surface area contributed by atoms with Gasteiger partial charge in [0.05, 0.1) is 18.8 Å². The minimum absolute atomic E-state index is 0.102. The maximum Gasteiger partial charge on any atom is 0.306 e. The first kappa shape index (κ1) is 39.6. The third kappa shape index (κ3) is 24.9. The predicted octanol–water partition coefficient (Wildman–Crippen LogP) is 9.29. The van der Waals surface area contributed by atoms with E-state index in [1.807, 2.05) is 12.2 Å². The van der Waals surface area contributed by atoms with Crippen LogP contribution >= 0.6 is 0 Å². The molecule has 0 spiro atoms. The van der Waals surface area contributed by atoms with Crippen molar-refractivity contribution >= 4 is 11.9 Å². The maximum absolute atomic E-state index is 12.1. The summed E-state index contributed by atoms with van der Waals surface area (Å²) in [6, 6.07) is 0. The summed E-state index contributed by atoms with van der Waals surface area (Å²) >= 11 is 0. The van der Waals surface area contributed by atoms with Gasteiger partial charge in [0, 0.05) is 12.8 Å². The molecule has 44 heavy (non-hydrogen) atoms. The van der Waals surface area contributed by atoms with Crippen LogP contribution in [-0.2, 0) is 23.8 Å². The minimum atomic E-state index is -0.815. The van der Waals surface area contributed by atoms with Gasteiger partial charge >= 0.3 is 11.9 Å². The first-order valence-electron chi connectivity index (χ1n) is 17.3. The van der Waals surface area contributed by atoms with Crippen LogP contribution in [0.4, 0.5) is 0 Å². The lowest BCUT2D eigenvalue weighted by atomic mass is 10.0. The first-order valence-corrected chi connectivity index (χ1v) is 17.3. The number of ether oxygens (including phenoxy) is 3. The molecule has 0 aromatic carbocycles. The van der Waals surface area contributed by atoms with Crippen molar-refractivity contribution in [3.8, 4) is 0 Å². The molecule has 2 unspecified atom stereocenters. The fourth-order valence-corrected chi connectivity index (χ4v) is 4.69. The molecule has 1 N–H and O–H groups in total. The molecule has 0 saturated carbocycles. The SMILES string of the molecule is CC/C=C\CC1OC1C/C=C\C/C=C\C/C=C\C/C=C\CCC(=O)O[C@@H](CO)COC(=O)CCCCCCCCCC(C)C. The molecule has 6 heteroatoms. The summed E-state index contributed by atoms with van der Waals surface area (Å²) in [5, 5.41) is 9.49. The Morgan fingerprint density at radius 1 is 0.705 bits per heavy atom. The highest BCUT2D eigenvalue weighted by Gasteiger charge is 2.35. The van der Waals surface area contributed by atoms with E-state index in [0.29, 0.717) is 25.0 Å². The fourth-order valence-electron chi connectivity index (χ4n) is 4.69. The van der Waals surface area contributed by atoms with Crippen LogP contribution in [0.15, 0.2) is 60.8 Å². The molecule has 6 nitrogen and oxygen atoms in total. The zero-order valence-electron chi connectivity index (χ0n) is 28.0. The van der Waals surface area contributed by atoms with Crippen LogP contribution < -0.4 is 0 Å². The summed E-state index contributed by atoms with van der Waals surface area (Å²) < 4.78 is 16.1. The fraction of sp³-hybridized carbons (Fsp3) is 0.684. The van der Waals surface area contributed by atoms with Gasteiger partial charge in [-0.25, -0.2) is 0 Å². The molecule has 1 aliphatic rings. The molecule has 1 saturated heterocycles. The highest BCUT2D eigenvalue weighted by molar-refractivity contribution is 5.70. The average Bonchev–Trinajstić information content (AvgIpc) is 3.76. The zero-order valence-corrected chi connectivity index (χ0v) is 28.0. The highest BCUT2D eigenvalue weighted by Crippen LogP contribution is 2.29. The van der Waals surface area contributed by atoms with E-state index < -0.39 is 12.1 Å². The van der Waals surface area contributed by atoms with Gasteiger partial charge in [-0.15, -0.1) is 0 Å². The Bertz CT molecular complexity index is 869. The topological polar surface area (TPSA) is 85.4 Å². The number of aliphatic hydroxyl groups is 1. The Balaban J connectivity index is 1.98. The summed E-state index contributed by atoms with van der Waals surface area (Å²) in [6.45, 7) is 6.21. The Morgan fingerprint density at radius 3 is 1.84 bits per heavy atom. The van der Waals surface area contributed by atoms with E-state index in [2.05, 4.69) is 69.4 Å². The molecule has 1 heterocycles. The predicted molar refractivity (Wildman–Crippen MR) is 181 cm³/mol. The molecule has 1 fully saturated rings. The van der Waals surface area contributed by atoms with E-state index in [1.54, 1.807) is 0 Å². The molecular weight excluding hydrogens is 552 g/mol. The molecule has 0 amide bonds. The second kappa shape index (κ2) is 28.1. The van der Waals surface area contributed by atoms with Crippen LogP contribution in [-0.4, -0.2) is 48.6 Å². The van der Waals surface area contributed by atoms with Crippen molar-refractivity contribution in [2.75, 3.05) is 13.2 Å². The average molecular weight is 615 g/mol. The van der Waals surface area contributed by atoms with Gasteiger partial charge in [0.15, 0.2) is 6.10 Å². The van der Waals surface area contributed by atoms with Crippen LogP contribution in [0, 0.1) is 5.92 Å². The van der Waals surface area contributed by atoms with E-state index in [0.717, 1.165) is 63.7 Å². The monoisotopic (exact) mass is 614 g/mol. The number of hydrogen-bond donors (Lipinski definition) is 1. The van der Waals surface area contributed by atoms with Crippen molar-refractivity contribution in [1.29, 1.82) is 0 Å². The molecule has 0 bridgehead atoms. The number of hydrogen-bond acceptors (Lipinski definition) is 6. The number of allylic oxidation sites excluding steroid dienone is 8. The molecule has 3 atom stereocenters. The van der Waals surface area contributed by atoms with Crippen LogP contribution in [0.3, 0.4) is 0 Å². The largest absolute Gasteiger partial charge is 0.462 e. The number of aliphatic hydroxyl groups excluding tert-OH is 1. The summed E-state index contributed by atoms with van der Waals surface area (Å²) in [5.74, 6) is 0.0809. The van der Waals surface area contributed by atoms with Gasteiger partial charge in [0.1, 0.15) is 6.61 Å². The number of epoxide rings is 1. The van der Waals surface area contributed by atoms with Crippen molar-refractivity contribution in [2.45, 2.75) is 148 Å². The Kier molecular flexibility index (Phi) is 25.2. The first-order chi connectivity index (χ1) is 21.5. The van der Waals surface area contributed by atoms with E-state index in [-0.39, 0.29) is 25.6 Å². The Hall–Kier alpha value is -2.44. The lowest BCUT2D eigenvalue weighted by Gasteiger charge is -2.15. The third-order valence-electron chi connectivity index (χ3n) is 7.42. The van der Waals surface area contributed by atoms with E-state index in [9.17, 15) is 14.7 Å². The van der Waals surface area contributed by atoms with Crippen molar-refractivity contribution < 1.29 is 28.9 Å². The Labute approximate surface area is 268 Å². The van der Waals surface area contributed by atoms with Crippen LogP contribution in [0.5, 0.6) is 0 Å². The summed E-state index contributed by atoms with van der Waals surface area (Å²) in [5.41, 5.74) is 0. The lowest BCUT2D eigenvalue weighted by Crippen LogP contribution is -2.28. The van der Waals surface area contributed by atoms with E-state index in [1.165, 1.54) is 32.1 Å². The van der Waals surface area contributed by atoms with Crippen LogP contribution in [0.2, 0.25) is 0 Å². The van der Waals surface area contributed by atoms with Gasteiger partial charge in [-0.1, -0.05) is 126 Å². The van der Waals surface area contributed by atoms with Gasteiger partial charge in [0.25, 0.3) is 0 Å². The van der Waals surface area contributed by atoms with Crippen molar-refractivity contribution in [1.82, 2.24) is 0 Å². The molecule has 0 aliphatic carbocycles. The van der Waals surface area contributed by atoms with Gasteiger partial charge in [-0.05, 0) is 57.3 Å². The number of esters is 2. The molecule has 0 aromatic heterocycles. The van der Waals surface area contributed by atoms with Crippen molar-refractivity contribution in [3.05, 3.63) is 60.8 Å². The second-order valence-corrected chi connectivity index (χ2v) is 12.1. The third-order valence-corrected chi connectivity index (χ3v) is 7.42. The number of carbonyl (C=O) groups excluding carboxylic acids is 2. The van der Waals surface area contributed by atoms with Crippen molar-refractivity contribution in [3.63, 3.8) is 0 Å². The normalized spacial score (nSPS) is 17.7. The lowest BCUT2D eigenvalue weighted by molar-refractivity contribution is -0.161. The molecule has 1 aliphatic heterocycles. The smallest absolute Gasteiger partial charge is 0.306 e. The number of unbranched alkanes of at least 4 members (excludes halogenated alkanes) is 6. The molecule has 0 radical (unpaired) electrons. The summed E-state index contributed by atoms with van der Waals surface area (Å²) in [4.78, 5) is 24.1. The second-order valence-electron chi connectivity index (χ2n) is 12.1. The minimum Gasteiger partial charge on any atom is -0.462 e.